The maximum absolute atomic E-state index is 4.67. The second-order valence-electron chi connectivity index (χ2n) is 4.47. The zero-order valence-electron chi connectivity index (χ0n) is 12.2. The summed E-state index contributed by atoms with van der Waals surface area (Å²) in [5.41, 5.74) is 2.36. The average molecular weight is 267 g/mol. The first-order valence-electron chi connectivity index (χ1n) is 6.84. The van der Waals surface area contributed by atoms with Crippen molar-refractivity contribution in [3.05, 3.63) is 17.1 Å². The molecule has 102 valence electrons. The topological polar surface area (TPSA) is 37.8 Å². The molecule has 1 heterocycles. The number of nitrogens with zero attached hydrogens (tertiary/aromatic N) is 2. The van der Waals surface area contributed by atoms with Gasteiger partial charge in [0.2, 0.25) is 0 Å². The van der Waals surface area contributed by atoms with E-state index in [0.717, 1.165) is 30.4 Å². The molecule has 1 aromatic rings. The van der Waals surface area contributed by atoms with Crippen LogP contribution in [0.1, 0.15) is 51.2 Å². The molecule has 1 aromatic heterocycles. The smallest absolute Gasteiger partial charge is 0.140 e. The van der Waals surface area contributed by atoms with Crippen LogP contribution in [0.15, 0.2) is 0 Å². The molecule has 0 fully saturated rings. The molecular formula is C14H25N3S. The number of nitrogens with one attached hydrogen (secondary N) is 1. The average Bonchev–Trinajstić information content (AvgIpc) is 2.39. The molecule has 0 aliphatic rings. The highest BCUT2D eigenvalue weighted by molar-refractivity contribution is 7.99. The highest BCUT2D eigenvalue weighted by Gasteiger charge is 2.10. The normalized spacial score (nSPS) is 12.5. The third-order valence-corrected chi connectivity index (χ3v) is 4.37. The molecule has 0 aromatic carbocycles. The number of thioether (sulfide) groups is 1. The summed E-state index contributed by atoms with van der Waals surface area (Å²) >= 11 is 1.93. The number of rotatable bonds is 7. The predicted molar refractivity (Wildman–Crippen MR) is 81.4 cm³/mol. The van der Waals surface area contributed by atoms with Crippen LogP contribution in [-0.2, 0) is 12.2 Å². The highest BCUT2D eigenvalue weighted by Crippen LogP contribution is 2.21. The fourth-order valence-corrected chi connectivity index (χ4v) is 2.50. The SMILES string of the molecule is CCNc1nc(CSC(C)CC)nc(CC)c1C. The van der Waals surface area contributed by atoms with Crippen LogP contribution in [0.25, 0.3) is 0 Å². The van der Waals surface area contributed by atoms with Gasteiger partial charge in [-0.15, -0.1) is 0 Å². The van der Waals surface area contributed by atoms with Crippen LogP contribution in [0.4, 0.5) is 5.82 Å². The Hall–Kier alpha value is -0.770. The monoisotopic (exact) mass is 267 g/mol. The molecule has 0 bridgehead atoms. The summed E-state index contributed by atoms with van der Waals surface area (Å²) in [5, 5.41) is 4.00. The first-order valence-corrected chi connectivity index (χ1v) is 7.89. The van der Waals surface area contributed by atoms with Gasteiger partial charge < -0.3 is 5.32 Å². The van der Waals surface area contributed by atoms with Crippen LogP contribution in [-0.4, -0.2) is 21.8 Å². The molecule has 0 aliphatic heterocycles. The Morgan fingerprint density at radius 3 is 2.50 bits per heavy atom. The van der Waals surface area contributed by atoms with Crippen LogP contribution in [0.5, 0.6) is 0 Å². The van der Waals surface area contributed by atoms with E-state index in [4.69, 9.17) is 0 Å². The van der Waals surface area contributed by atoms with E-state index in [1.807, 2.05) is 11.8 Å². The van der Waals surface area contributed by atoms with E-state index >= 15 is 0 Å². The van der Waals surface area contributed by atoms with Gasteiger partial charge >= 0.3 is 0 Å². The van der Waals surface area contributed by atoms with Gasteiger partial charge in [0.1, 0.15) is 11.6 Å². The van der Waals surface area contributed by atoms with Gasteiger partial charge in [-0.05, 0) is 26.7 Å². The summed E-state index contributed by atoms with van der Waals surface area (Å²) in [6.45, 7) is 11.7. The summed E-state index contributed by atoms with van der Waals surface area (Å²) in [7, 11) is 0. The Morgan fingerprint density at radius 2 is 1.94 bits per heavy atom. The second kappa shape index (κ2) is 7.62. The van der Waals surface area contributed by atoms with Crippen molar-refractivity contribution < 1.29 is 0 Å². The van der Waals surface area contributed by atoms with Crippen LogP contribution < -0.4 is 5.32 Å². The molecular weight excluding hydrogens is 242 g/mol. The zero-order chi connectivity index (χ0) is 13.5. The lowest BCUT2D eigenvalue weighted by Crippen LogP contribution is -2.09. The van der Waals surface area contributed by atoms with Gasteiger partial charge in [0.05, 0.1) is 5.75 Å². The Morgan fingerprint density at radius 1 is 1.22 bits per heavy atom. The van der Waals surface area contributed by atoms with Gasteiger partial charge in [0, 0.05) is 23.1 Å². The third-order valence-electron chi connectivity index (χ3n) is 3.04. The minimum absolute atomic E-state index is 0.669. The number of hydrogen-bond acceptors (Lipinski definition) is 4. The van der Waals surface area contributed by atoms with Gasteiger partial charge in [0.25, 0.3) is 0 Å². The van der Waals surface area contributed by atoms with Crippen molar-refractivity contribution in [1.29, 1.82) is 0 Å². The fourth-order valence-electron chi connectivity index (χ4n) is 1.70. The largest absolute Gasteiger partial charge is 0.370 e. The Bertz CT molecular complexity index is 380. The zero-order valence-corrected chi connectivity index (χ0v) is 13.0. The van der Waals surface area contributed by atoms with Gasteiger partial charge in [-0.2, -0.15) is 11.8 Å². The molecule has 18 heavy (non-hydrogen) atoms. The molecule has 1 atom stereocenters. The van der Waals surface area contributed by atoms with E-state index in [-0.39, 0.29) is 0 Å². The highest BCUT2D eigenvalue weighted by atomic mass is 32.2. The molecule has 0 radical (unpaired) electrons. The lowest BCUT2D eigenvalue weighted by atomic mass is 10.2. The van der Waals surface area contributed by atoms with E-state index in [2.05, 4.69) is 49.9 Å². The maximum Gasteiger partial charge on any atom is 0.140 e. The Kier molecular flexibility index (Phi) is 6.47. The first-order chi connectivity index (χ1) is 8.62. The fraction of sp³-hybridized carbons (Fsp3) is 0.714. The van der Waals surface area contributed by atoms with Gasteiger partial charge in [-0.25, -0.2) is 9.97 Å². The molecule has 0 spiro atoms. The molecule has 1 N–H and O–H groups in total. The van der Waals surface area contributed by atoms with Crippen LogP contribution in [0.3, 0.4) is 0 Å². The van der Waals surface area contributed by atoms with Gasteiger partial charge in [0.15, 0.2) is 0 Å². The summed E-state index contributed by atoms with van der Waals surface area (Å²) in [5.74, 6) is 2.86. The molecule has 1 rings (SSSR count). The van der Waals surface area contributed by atoms with E-state index < -0.39 is 0 Å². The minimum atomic E-state index is 0.669. The van der Waals surface area contributed by atoms with Crippen molar-refractivity contribution in [3.63, 3.8) is 0 Å². The quantitative estimate of drug-likeness (QED) is 0.815. The summed E-state index contributed by atoms with van der Waals surface area (Å²) in [6.07, 6.45) is 2.16. The van der Waals surface area contributed by atoms with E-state index in [1.54, 1.807) is 0 Å². The molecule has 0 amide bonds. The van der Waals surface area contributed by atoms with Crippen LogP contribution >= 0.6 is 11.8 Å². The Balaban J connectivity index is 2.87. The van der Waals surface area contributed by atoms with Crippen molar-refractivity contribution in [2.75, 3.05) is 11.9 Å². The molecule has 3 nitrogen and oxygen atoms in total. The summed E-state index contributed by atoms with van der Waals surface area (Å²) in [6, 6.07) is 0. The molecule has 4 heteroatoms. The van der Waals surface area contributed by atoms with Gasteiger partial charge in [-0.1, -0.05) is 20.8 Å². The van der Waals surface area contributed by atoms with Crippen LogP contribution in [0, 0.1) is 6.92 Å². The van der Waals surface area contributed by atoms with Crippen molar-refractivity contribution in [2.45, 2.75) is 58.5 Å². The minimum Gasteiger partial charge on any atom is -0.370 e. The van der Waals surface area contributed by atoms with Crippen molar-refractivity contribution in [1.82, 2.24) is 9.97 Å². The molecule has 1 unspecified atom stereocenters. The van der Waals surface area contributed by atoms with Crippen molar-refractivity contribution >= 4 is 17.6 Å². The van der Waals surface area contributed by atoms with Crippen LogP contribution in [0.2, 0.25) is 0 Å². The number of aromatic nitrogens is 2. The molecule has 0 saturated heterocycles. The lowest BCUT2D eigenvalue weighted by molar-refractivity contribution is 0.890. The van der Waals surface area contributed by atoms with Crippen molar-refractivity contribution in [2.24, 2.45) is 0 Å². The maximum atomic E-state index is 4.67. The molecule has 0 aliphatic carbocycles. The number of anilines is 1. The van der Waals surface area contributed by atoms with Crippen molar-refractivity contribution in [3.8, 4) is 0 Å². The van der Waals surface area contributed by atoms with E-state index in [0.29, 0.717) is 5.25 Å². The summed E-state index contributed by atoms with van der Waals surface area (Å²) < 4.78 is 0. The number of aryl methyl sites for hydroxylation is 1. The first kappa shape index (κ1) is 15.3. The predicted octanol–water partition coefficient (Wildman–Crippen LogP) is 3.81. The van der Waals surface area contributed by atoms with Gasteiger partial charge in [-0.3, -0.25) is 0 Å². The Labute approximate surface area is 115 Å². The van der Waals surface area contributed by atoms with E-state index in [1.165, 1.54) is 17.7 Å². The standard InChI is InChI=1S/C14H25N3S/c1-6-10(4)18-9-13-16-12(7-2)11(5)14(17-13)15-8-3/h10H,6-9H2,1-5H3,(H,15,16,17). The lowest BCUT2D eigenvalue weighted by Gasteiger charge is -2.13. The summed E-state index contributed by atoms with van der Waals surface area (Å²) in [4.78, 5) is 9.30. The van der Waals surface area contributed by atoms with E-state index in [9.17, 15) is 0 Å². The molecule has 0 saturated carbocycles. The second-order valence-corrected chi connectivity index (χ2v) is 5.90. The number of hydrogen-bond donors (Lipinski definition) is 1. The third kappa shape index (κ3) is 4.16.